The van der Waals surface area contributed by atoms with Crippen LogP contribution < -0.4 is 11.1 Å². The Kier molecular flexibility index (Phi) is 5.02. The molecule has 1 aliphatic heterocycles. The van der Waals surface area contributed by atoms with Crippen LogP contribution >= 0.6 is 0 Å². The average Bonchev–Trinajstić information content (AvgIpc) is 2.48. The lowest BCUT2D eigenvalue weighted by molar-refractivity contribution is -0.140. The van der Waals surface area contributed by atoms with Crippen LogP contribution in [0.3, 0.4) is 0 Å². The van der Waals surface area contributed by atoms with Gasteiger partial charge >= 0.3 is 0 Å². The summed E-state index contributed by atoms with van der Waals surface area (Å²) >= 11 is 0. The molecule has 0 spiro atoms. The van der Waals surface area contributed by atoms with E-state index in [2.05, 4.69) is 12.2 Å². The second kappa shape index (κ2) is 6.57. The Bertz CT molecular complexity index is 364. The highest BCUT2D eigenvalue weighted by Gasteiger charge is 2.34. The Morgan fingerprint density at radius 2 is 1.75 bits per heavy atom. The second-order valence-corrected chi connectivity index (χ2v) is 6.36. The Morgan fingerprint density at radius 3 is 2.30 bits per heavy atom. The fraction of sp³-hybridized carbons (Fsp3) is 0.867. The number of hydrogen-bond acceptors (Lipinski definition) is 3. The van der Waals surface area contributed by atoms with Crippen LogP contribution in [0.5, 0.6) is 0 Å². The topological polar surface area (TPSA) is 75.4 Å². The van der Waals surface area contributed by atoms with Crippen LogP contribution in [0.15, 0.2) is 0 Å². The largest absolute Gasteiger partial charge is 0.359 e. The summed E-state index contributed by atoms with van der Waals surface area (Å²) in [7, 11) is 1.67. The maximum Gasteiger partial charge on any atom is 0.225 e. The van der Waals surface area contributed by atoms with E-state index in [1.807, 2.05) is 4.90 Å². The van der Waals surface area contributed by atoms with Crippen LogP contribution in [0, 0.1) is 17.8 Å². The highest BCUT2D eigenvalue weighted by molar-refractivity contribution is 5.81. The third kappa shape index (κ3) is 3.32. The first-order chi connectivity index (χ1) is 9.52. The number of rotatable bonds is 2. The molecule has 1 saturated heterocycles. The van der Waals surface area contributed by atoms with Crippen molar-refractivity contribution in [1.29, 1.82) is 0 Å². The second-order valence-electron chi connectivity index (χ2n) is 6.36. The summed E-state index contributed by atoms with van der Waals surface area (Å²) < 4.78 is 0. The number of carbonyl (C=O) groups excluding carboxylic acids is 2. The third-order valence-corrected chi connectivity index (χ3v) is 5.03. The normalized spacial score (nSPS) is 31.9. The van der Waals surface area contributed by atoms with Gasteiger partial charge in [-0.25, -0.2) is 0 Å². The molecule has 0 radical (unpaired) electrons. The summed E-state index contributed by atoms with van der Waals surface area (Å²) in [6.07, 6.45) is 4.38. The predicted octanol–water partition coefficient (Wildman–Crippen LogP) is 0.735. The first-order valence-electron chi connectivity index (χ1n) is 7.79. The zero-order chi connectivity index (χ0) is 14.7. The molecule has 3 atom stereocenters. The SMILES string of the molecule is CNC(=O)C1CCN(C(=O)C2CCC(C)C(N)C2)CC1. The Hall–Kier alpha value is -1.10. The van der Waals surface area contributed by atoms with E-state index in [1.54, 1.807) is 7.05 Å². The fourth-order valence-corrected chi connectivity index (χ4v) is 3.41. The summed E-state index contributed by atoms with van der Waals surface area (Å²) in [6.45, 7) is 3.58. The van der Waals surface area contributed by atoms with Gasteiger partial charge in [-0.2, -0.15) is 0 Å². The summed E-state index contributed by atoms with van der Waals surface area (Å²) in [6, 6.07) is 0.154. The lowest BCUT2D eigenvalue weighted by atomic mass is 9.78. The van der Waals surface area contributed by atoms with Gasteiger partial charge in [0.2, 0.25) is 11.8 Å². The van der Waals surface area contributed by atoms with Crippen molar-refractivity contribution < 1.29 is 9.59 Å². The maximum absolute atomic E-state index is 12.5. The standard InChI is InChI=1S/C15H27N3O2/c1-10-3-4-12(9-13(10)16)15(20)18-7-5-11(6-8-18)14(19)17-2/h10-13H,3-9,16H2,1-2H3,(H,17,19). The van der Waals surface area contributed by atoms with Gasteiger partial charge in [-0.3, -0.25) is 9.59 Å². The van der Waals surface area contributed by atoms with E-state index >= 15 is 0 Å². The molecule has 5 nitrogen and oxygen atoms in total. The van der Waals surface area contributed by atoms with E-state index in [0.717, 1.165) is 32.1 Å². The zero-order valence-corrected chi connectivity index (χ0v) is 12.6. The Morgan fingerprint density at radius 1 is 1.10 bits per heavy atom. The molecule has 3 N–H and O–H groups in total. The number of amides is 2. The van der Waals surface area contributed by atoms with E-state index in [9.17, 15) is 9.59 Å². The van der Waals surface area contributed by atoms with Gasteiger partial charge in [0.05, 0.1) is 0 Å². The van der Waals surface area contributed by atoms with Gasteiger partial charge in [0.1, 0.15) is 0 Å². The third-order valence-electron chi connectivity index (χ3n) is 5.03. The monoisotopic (exact) mass is 281 g/mol. The number of nitrogens with zero attached hydrogens (tertiary/aromatic N) is 1. The first-order valence-corrected chi connectivity index (χ1v) is 7.79. The van der Waals surface area contributed by atoms with Gasteiger partial charge in [-0.05, 0) is 38.0 Å². The maximum atomic E-state index is 12.5. The molecule has 0 aromatic heterocycles. The zero-order valence-electron chi connectivity index (χ0n) is 12.6. The van der Waals surface area contributed by atoms with Crippen molar-refractivity contribution in [2.75, 3.05) is 20.1 Å². The summed E-state index contributed by atoms with van der Waals surface area (Å²) in [5, 5.41) is 2.69. The molecule has 2 aliphatic rings. The minimum atomic E-state index is 0.0673. The van der Waals surface area contributed by atoms with Crippen molar-refractivity contribution >= 4 is 11.8 Å². The molecule has 2 fully saturated rings. The first kappa shape index (κ1) is 15.3. The summed E-state index contributed by atoms with van der Waals surface area (Å²) in [4.78, 5) is 26.1. The number of nitrogens with one attached hydrogen (secondary N) is 1. The van der Waals surface area contributed by atoms with Crippen LogP contribution in [0.4, 0.5) is 0 Å². The number of piperidine rings is 1. The number of hydrogen-bond donors (Lipinski definition) is 2. The van der Waals surface area contributed by atoms with Gasteiger partial charge < -0.3 is 16.0 Å². The average molecular weight is 281 g/mol. The van der Waals surface area contributed by atoms with E-state index in [0.29, 0.717) is 19.0 Å². The molecule has 114 valence electrons. The van der Waals surface area contributed by atoms with Crippen molar-refractivity contribution in [3.63, 3.8) is 0 Å². The van der Waals surface area contributed by atoms with Gasteiger partial charge in [0.25, 0.3) is 0 Å². The molecule has 0 aromatic rings. The van der Waals surface area contributed by atoms with Crippen LogP contribution in [-0.4, -0.2) is 42.9 Å². The highest BCUT2D eigenvalue weighted by Crippen LogP contribution is 2.30. The van der Waals surface area contributed by atoms with Crippen LogP contribution in [0.25, 0.3) is 0 Å². The van der Waals surface area contributed by atoms with Crippen LogP contribution in [-0.2, 0) is 9.59 Å². The minimum Gasteiger partial charge on any atom is -0.359 e. The molecule has 0 bridgehead atoms. The minimum absolute atomic E-state index is 0.0673. The lowest BCUT2D eigenvalue weighted by Gasteiger charge is -2.37. The molecular formula is C15H27N3O2. The molecule has 1 saturated carbocycles. The number of nitrogens with two attached hydrogens (primary N) is 1. The van der Waals surface area contributed by atoms with Gasteiger partial charge in [-0.15, -0.1) is 0 Å². The van der Waals surface area contributed by atoms with Crippen molar-refractivity contribution in [3.8, 4) is 0 Å². The fourth-order valence-electron chi connectivity index (χ4n) is 3.41. The van der Waals surface area contributed by atoms with Crippen LogP contribution in [0.1, 0.15) is 39.0 Å². The molecule has 2 rings (SSSR count). The molecule has 20 heavy (non-hydrogen) atoms. The summed E-state index contributed by atoms with van der Waals surface area (Å²) in [5.41, 5.74) is 6.09. The van der Waals surface area contributed by atoms with Crippen molar-refractivity contribution in [2.24, 2.45) is 23.5 Å². The molecule has 1 aliphatic carbocycles. The molecule has 0 aromatic carbocycles. The van der Waals surface area contributed by atoms with E-state index in [-0.39, 0.29) is 29.7 Å². The lowest BCUT2D eigenvalue weighted by Crippen LogP contribution is -2.47. The van der Waals surface area contributed by atoms with Crippen molar-refractivity contribution in [2.45, 2.75) is 45.1 Å². The Labute approximate surface area is 121 Å². The molecule has 1 heterocycles. The van der Waals surface area contributed by atoms with E-state index in [1.165, 1.54) is 0 Å². The van der Waals surface area contributed by atoms with Gasteiger partial charge in [-0.1, -0.05) is 6.92 Å². The number of likely N-dealkylation sites (tertiary alicyclic amines) is 1. The van der Waals surface area contributed by atoms with Crippen molar-refractivity contribution in [3.05, 3.63) is 0 Å². The van der Waals surface area contributed by atoms with Gasteiger partial charge in [0.15, 0.2) is 0 Å². The molecule has 2 amide bonds. The van der Waals surface area contributed by atoms with Crippen molar-refractivity contribution in [1.82, 2.24) is 10.2 Å². The van der Waals surface area contributed by atoms with Crippen LogP contribution in [0.2, 0.25) is 0 Å². The predicted molar refractivity (Wildman–Crippen MR) is 77.9 cm³/mol. The van der Waals surface area contributed by atoms with E-state index < -0.39 is 0 Å². The molecule has 3 unspecified atom stereocenters. The molecule has 5 heteroatoms. The molecular weight excluding hydrogens is 254 g/mol. The quantitative estimate of drug-likeness (QED) is 0.783. The summed E-state index contributed by atoms with van der Waals surface area (Å²) in [5.74, 6) is 1.04. The van der Waals surface area contributed by atoms with E-state index in [4.69, 9.17) is 5.73 Å². The Balaban J connectivity index is 1.84. The highest BCUT2D eigenvalue weighted by atomic mass is 16.2. The number of carbonyl (C=O) groups is 2. The smallest absolute Gasteiger partial charge is 0.225 e. The van der Waals surface area contributed by atoms with Gasteiger partial charge in [0, 0.05) is 38.0 Å².